The maximum Gasteiger partial charge on any atom is 0.238 e. The number of amides is 2. The smallest absolute Gasteiger partial charge is 0.238 e. The summed E-state index contributed by atoms with van der Waals surface area (Å²) in [5.41, 5.74) is 7.90. The van der Waals surface area contributed by atoms with Crippen LogP contribution in [0.5, 0.6) is 0 Å². The van der Waals surface area contributed by atoms with Crippen molar-refractivity contribution < 1.29 is 18.0 Å². The average molecular weight is 388 g/mol. The molecule has 2 aromatic rings. The molecule has 0 spiro atoms. The highest BCUT2D eigenvalue weighted by Gasteiger charge is 2.31. The Morgan fingerprint density at radius 3 is 2.48 bits per heavy atom. The molecule has 8 nitrogen and oxygen atoms in total. The molecule has 5 N–H and O–H groups in total. The van der Waals surface area contributed by atoms with Gasteiger partial charge in [-0.2, -0.15) is 0 Å². The Bertz CT molecular complexity index is 990. The SMILES string of the molecule is NC(=O)[C@@H]1Cc2ccccc2CN1CC(=O)Nc1cccc(S(N)(=O)=O)c1. The fourth-order valence-corrected chi connectivity index (χ4v) is 3.72. The summed E-state index contributed by atoms with van der Waals surface area (Å²) >= 11 is 0. The summed E-state index contributed by atoms with van der Waals surface area (Å²) in [5.74, 6) is -0.874. The number of carbonyl (C=O) groups is 2. The lowest BCUT2D eigenvalue weighted by atomic mass is 9.93. The first-order valence-corrected chi connectivity index (χ1v) is 9.81. The van der Waals surface area contributed by atoms with Crippen LogP contribution in [0.25, 0.3) is 0 Å². The fourth-order valence-electron chi connectivity index (χ4n) is 3.16. The van der Waals surface area contributed by atoms with Gasteiger partial charge in [-0.1, -0.05) is 30.3 Å². The number of hydrogen-bond acceptors (Lipinski definition) is 5. The molecular formula is C18H20N4O4S. The van der Waals surface area contributed by atoms with Crippen molar-refractivity contribution >= 4 is 27.5 Å². The van der Waals surface area contributed by atoms with Crippen LogP contribution in [0.4, 0.5) is 5.69 Å². The quantitative estimate of drug-likeness (QED) is 0.672. The normalized spacial score (nSPS) is 17.1. The summed E-state index contributed by atoms with van der Waals surface area (Å²) in [6, 6.07) is 12.8. The molecular weight excluding hydrogens is 368 g/mol. The van der Waals surface area contributed by atoms with E-state index in [1.54, 1.807) is 11.0 Å². The molecule has 0 radical (unpaired) electrons. The number of anilines is 1. The zero-order valence-corrected chi connectivity index (χ0v) is 15.3. The Labute approximate surface area is 157 Å². The molecule has 1 aliphatic rings. The number of carbonyl (C=O) groups excluding carboxylic acids is 2. The van der Waals surface area contributed by atoms with E-state index in [1.807, 2.05) is 24.3 Å². The number of benzene rings is 2. The maximum atomic E-state index is 12.4. The Morgan fingerprint density at radius 2 is 1.81 bits per heavy atom. The molecule has 2 aromatic carbocycles. The number of rotatable bonds is 5. The molecule has 0 saturated heterocycles. The van der Waals surface area contributed by atoms with E-state index in [-0.39, 0.29) is 17.3 Å². The van der Waals surface area contributed by atoms with Gasteiger partial charge in [0.2, 0.25) is 21.8 Å². The second-order valence-corrected chi connectivity index (χ2v) is 7.98. The van der Waals surface area contributed by atoms with Crippen LogP contribution in [-0.4, -0.2) is 37.7 Å². The number of sulfonamides is 1. The van der Waals surface area contributed by atoms with Gasteiger partial charge in [0.25, 0.3) is 0 Å². The zero-order chi connectivity index (χ0) is 19.6. The van der Waals surface area contributed by atoms with E-state index in [9.17, 15) is 18.0 Å². The number of nitrogens with zero attached hydrogens (tertiary/aromatic N) is 1. The Kier molecular flexibility index (Phi) is 5.26. The Morgan fingerprint density at radius 1 is 1.11 bits per heavy atom. The highest BCUT2D eigenvalue weighted by atomic mass is 32.2. The zero-order valence-electron chi connectivity index (χ0n) is 14.5. The van der Waals surface area contributed by atoms with Crippen LogP contribution < -0.4 is 16.2 Å². The van der Waals surface area contributed by atoms with E-state index in [0.717, 1.165) is 11.1 Å². The van der Waals surface area contributed by atoms with Gasteiger partial charge in [-0.25, -0.2) is 13.6 Å². The first kappa shape index (κ1) is 19.0. The molecule has 0 bridgehead atoms. The summed E-state index contributed by atoms with van der Waals surface area (Å²) in [7, 11) is -3.86. The van der Waals surface area contributed by atoms with Crippen molar-refractivity contribution in [3.63, 3.8) is 0 Å². The molecule has 0 unspecified atom stereocenters. The van der Waals surface area contributed by atoms with Crippen molar-refractivity contribution in [3.8, 4) is 0 Å². The first-order chi connectivity index (χ1) is 12.7. The predicted molar refractivity (Wildman–Crippen MR) is 100.0 cm³/mol. The van der Waals surface area contributed by atoms with Crippen molar-refractivity contribution in [1.29, 1.82) is 0 Å². The molecule has 1 aliphatic heterocycles. The molecule has 0 saturated carbocycles. The lowest BCUT2D eigenvalue weighted by molar-refractivity contribution is -0.125. The summed E-state index contributed by atoms with van der Waals surface area (Å²) in [5, 5.41) is 7.73. The minimum Gasteiger partial charge on any atom is -0.368 e. The molecule has 0 fully saturated rings. The molecule has 27 heavy (non-hydrogen) atoms. The standard InChI is InChI=1S/C18H20N4O4S/c19-18(24)16-8-12-4-1-2-5-13(12)10-22(16)11-17(23)21-14-6-3-7-15(9-14)27(20,25)26/h1-7,9,16H,8,10-11H2,(H2,19,24)(H,21,23)(H2,20,25,26)/t16-/m0/s1. The van der Waals surface area contributed by atoms with Crippen LogP contribution in [0.15, 0.2) is 53.4 Å². The monoisotopic (exact) mass is 388 g/mol. The van der Waals surface area contributed by atoms with Crippen LogP contribution in [0.3, 0.4) is 0 Å². The molecule has 3 rings (SSSR count). The van der Waals surface area contributed by atoms with Gasteiger partial charge in [0, 0.05) is 12.2 Å². The number of hydrogen-bond donors (Lipinski definition) is 3. The van der Waals surface area contributed by atoms with Gasteiger partial charge in [-0.05, 0) is 35.7 Å². The minimum atomic E-state index is -3.86. The topological polar surface area (TPSA) is 136 Å². The van der Waals surface area contributed by atoms with Crippen LogP contribution in [-0.2, 0) is 32.6 Å². The van der Waals surface area contributed by atoms with E-state index in [4.69, 9.17) is 10.9 Å². The van der Waals surface area contributed by atoms with Crippen molar-refractivity contribution in [1.82, 2.24) is 4.90 Å². The van der Waals surface area contributed by atoms with Gasteiger partial charge >= 0.3 is 0 Å². The van der Waals surface area contributed by atoms with Crippen LogP contribution in [0.1, 0.15) is 11.1 Å². The van der Waals surface area contributed by atoms with Gasteiger partial charge in [0.15, 0.2) is 0 Å². The largest absolute Gasteiger partial charge is 0.368 e. The van der Waals surface area contributed by atoms with Crippen molar-refractivity contribution in [3.05, 3.63) is 59.7 Å². The third-order valence-corrected chi connectivity index (χ3v) is 5.38. The summed E-state index contributed by atoms with van der Waals surface area (Å²) < 4.78 is 22.9. The van der Waals surface area contributed by atoms with Crippen LogP contribution >= 0.6 is 0 Å². The first-order valence-electron chi connectivity index (χ1n) is 8.27. The Balaban J connectivity index is 1.74. The molecule has 0 aromatic heterocycles. The number of primary amides is 1. The second kappa shape index (κ2) is 7.47. The molecule has 1 atom stereocenters. The molecule has 9 heteroatoms. The van der Waals surface area contributed by atoms with E-state index in [2.05, 4.69) is 5.32 Å². The van der Waals surface area contributed by atoms with E-state index < -0.39 is 22.0 Å². The van der Waals surface area contributed by atoms with Crippen molar-refractivity contribution in [2.75, 3.05) is 11.9 Å². The molecule has 1 heterocycles. The molecule has 142 valence electrons. The Hall–Kier alpha value is -2.75. The van der Waals surface area contributed by atoms with Gasteiger partial charge in [-0.15, -0.1) is 0 Å². The summed E-state index contributed by atoms with van der Waals surface area (Å²) in [6.45, 7) is 0.371. The van der Waals surface area contributed by atoms with E-state index >= 15 is 0 Å². The van der Waals surface area contributed by atoms with E-state index in [0.29, 0.717) is 18.7 Å². The third-order valence-electron chi connectivity index (χ3n) is 4.47. The van der Waals surface area contributed by atoms with Crippen molar-refractivity contribution in [2.45, 2.75) is 23.9 Å². The molecule has 2 amide bonds. The minimum absolute atomic E-state index is 0.0540. The lowest BCUT2D eigenvalue weighted by Gasteiger charge is -2.34. The summed E-state index contributed by atoms with van der Waals surface area (Å²) in [6.07, 6.45) is 0.444. The fraction of sp³-hybridized carbons (Fsp3) is 0.222. The molecule has 0 aliphatic carbocycles. The number of primary sulfonamides is 1. The number of nitrogens with one attached hydrogen (secondary N) is 1. The van der Waals surface area contributed by atoms with Gasteiger partial charge < -0.3 is 11.1 Å². The third kappa shape index (κ3) is 4.51. The van der Waals surface area contributed by atoms with Gasteiger partial charge in [-0.3, -0.25) is 14.5 Å². The second-order valence-electron chi connectivity index (χ2n) is 6.42. The summed E-state index contributed by atoms with van der Waals surface area (Å²) in [4.78, 5) is 25.9. The van der Waals surface area contributed by atoms with Crippen LogP contribution in [0, 0.1) is 0 Å². The van der Waals surface area contributed by atoms with Gasteiger partial charge in [0.05, 0.1) is 17.5 Å². The predicted octanol–water partition coefficient (Wildman–Crippen LogP) is 0.185. The number of nitrogens with two attached hydrogens (primary N) is 2. The maximum absolute atomic E-state index is 12.4. The van der Waals surface area contributed by atoms with Crippen LogP contribution in [0.2, 0.25) is 0 Å². The lowest BCUT2D eigenvalue weighted by Crippen LogP contribution is -2.50. The van der Waals surface area contributed by atoms with Crippen molar-refractivity contribution in [2.24, 2.45) is 10.9 Å². The van der Waals surface area contributed by atoms with Gasteiger partial charge in [0.1, 0.15) is 0 Å². The highest BCUT2D eigenvalue weighted by molar-refractivity contribution is 7.89. The van der Waals surface area contributed by atoms with E-state index in [1.165, 1.54) is 18.2 Å². The number of fused-ring (bicyclic) bond motifs is 1. The average Bonchev–Trinajstić information content (AvgIpc) is 2.60. The highest BCUT2D eigenvalue weighted by Crippen LogP contribution is 2.23.